The van der Waals surface area contributed by atoms with Crippen molar-refractivity contribution in [3.8, 4) is 5.75 Å². The van der Waals surface area contributed by atoms with E-state index < -0.39 is 6.10 Å². The maximum atomic E-state index is 11.5. The molecule has 1 rings (SSSR count). The molecule has 0 radical (unpaired) electrons. The molecule has 6 heteroatoms. The number of hydrogen-bond acceptors (Lipinski definition) is 6. The van der Waals surface area contributed by atoms with Gasteiger partial charge in [-0.05, 0) is 24.3 Å². The summed E-state index contributed by atoms with van der Waals surface area (Å²) in [7, 11) is 0. The summed E-state index contributed by atoms with van der Waals surface area (Å²) in [4.78, 5) is 13.3. The minimum Gasteiger partial charge on any atom is -0.491 e. The van der Waals surface area contributed by atoms with Crippen LogP contribution in [0.1, 0.15) is 23.7 Å². The van der Waals surface area contributed by atoms with E-state index in [0.29, 0.717) is 37.4 Å². The Labute approximate surface area is 130 Å². The van der Waals surface area contributed by atoms with E-state index >= 15 is 0 Å². The van der Waals surface area contributed by atoms with Gasteiger partial charge in [-0.3, -0.25) is 9.69 Å². The number of rotatable bonds is 11. The smallest absolute Gasteiger partial charge is 0.162 e. The molecule has 0 aliphatic heterocycles. The topological polar surface area (TPSA) is 90.2 Å². The molecule has 0 fully saturated rings. The summed E-state index contributed by atoms with van der Waals surface area (Å²) >= 11 is 0. The molecule has 3 N–H and O–H groups in total. The molecule has 0 aromatic heterocycles. The third kappa shape index (κ3) is 6.53. The summed E-state index contributed by atoms with van der Waals surface area (Å²) in [5.74, 6) is 0.665. The number of aliphatic hydroxyl groups excluding tert-OH is 3. The Hall–Kier alpha value is -1.47. The number of Topliss-reactive ketones (excluding diaryl/α,β-unsaturated/α-hetero) is 1. The van der Waals surface area contributed by atoms with Crippen LogP contribution in [0, 0.1) is 0 Å². The Balaban J connectivity index is 2.42. The summed E-state index contributed by atoms with van der Waals surface area (Å²) in [5.41, 5.74) is 0.646. The van der Waals surface area contributed by atoms with Gasteiger partial charge in [0.2, 0.25) is 0 Å². The molecule has 1 aromatic rings. The minimum atomic E-state index is -0.727. The first kappa shape index (κ1) is 18.6. The van der Waals surface area contributed by atoms with Gasteiger partial charge in [-0.25, -0.2) is 0 Å². The molecule has 124 valence electrons. The van der Waals surface area contributed by atoms with Crippen LogP contribution in [0.4, 0.5) is 0 Å². The molecule has 0 saturated heterocycles. The van der Waals surface area contributed by atoms with Gasteiger partial charge in [0.1, 0.15) is 18.5 Å². The maximum absolute atomic E-state index is 11.5. The third-order valence-electron chi connectivity index (χ3n) is 3.24. The molecule has 0 heterocycles. The van der Waals surface area contributed by atoms with Crippen LogP contribution in [-0.4, -0.2) is 71.6 Å². The summed E-state index contributed by atoms with van der Waals surface area (Å²) in [6.07, 6.45) is -0.264. The second kappa shape index (κ2) is 10.3. The normalized spacial score (nSPS) is 12.4. The molecule has 0 spiro atoms. The Morgan fingerprint density at radius 1 is 1.18 bits per heavy atom. The lowest BCUT2D eigenvalue weighted by molar-refractivity contribution is 0.0552. The number of benzene rings is 1. The Kier molecular flexibility index (Phi) is 8.69. The van der Waals surface area contributed by atoms with Crippen molar-refractivity contribution in [2.24, 2.45) is 0 Å². The van der Waals surface area contributed by atoms with Crippen molar-refractivity contribution in [2.75, 3.05) is 39.5 Å². The molecule has 1 atom stereocenters. The van der Waals surface area contributed by atoms with Crippen LogP contribution >= 0.6 is 0 Å². The van der Waals surface area contributed by atoms with Crippen molar-refractivity contribution in [2.45, 2.75) is 19.4 Å². The highest BCUT2D eigenvalue weighted by Gasteiger charge is 2.12. The van der Waals surface area contributed by atoms with Crippen molar-refractivity contribution < 1.29 is 24.9 Å². The lowest BCUT2D eigenvalue weighted by atomic mass is 10.1. The molecule has 0 aliphatic rings. The predicted octanol–water partition coefficient (Wildman–Crippen LogP) is 0.306. The van der Waals surface area contributed by atoms with E-state index in [9.17, 15) is 9.90 Å². The molecule has 0 saturated carbocycles. The lowest BCUT2D eigenvalue weighted by Crippen LogP contribution is -2.38. The molecular formula is C16H25NO5. The van der Waals surface area contributed by atoms with Gasteiger partial charge < -0.3 is 20.1 Å². The van der Waals surface area contributed by atoms with E-state index in [4.69, 9.17) is 14.9 Å². The van der Waals surface area contributed by atoms with Crippen LogP contribution in [-0.2, 0) is 0 Å². The zero-order valence-electron chi connectivity index (χ0n) is 12.9. The van der Waals surface area contributed by atoms with Crippen molar-refractivity contribution >= 4 is 5.78 Å². The summed E-state index contributed by atoms with van der Waals surface area (Å²) in [6, 6.07) is 6.82. The zero-order valence-corrected chi connectivity index (χ0v) is 12.9. The van der Waals surface area contributed by atoms with E-state index in [1.165, 1.54) is 0 Å². The van der Waals surface area contributed by atoms with Gasteiger partial charge in [0, 0.05) is 31.6 Å². The van der Waals surface area contributed by atoms with Crippen molar-refractivity contribution in [1.82, 2.24) is 4.90 Å². The number of ketones is 1. The molecular weight excluding hydrogens is 286 g/mol. The Bertz CT molecular complexity index is 429. The quantitative estimate of drug-likeness (QED) is 0.510. The van der Waals surface area contributed by atoms with Crippen LogP contribution in [0.2, 0.25) is 0 Å². The summed E-state index contributed by atoms with van der Waals surface area (Å²) in [5, 5.41) is 27.8. The van der Waals surface area contributed by atoms with Crippen molar-refractivity contribution in [1.29, 1.82) is 0 Å². The average molecular weight is 311 g/mol. The molecule has 1 unspecified atom stereocenters. The van der Waals surface area contributed by atoms with Gasteiger partial charge in [-0.1, -0.05) is 6.92 Å². The first-order chi connectivity index (χ1) is 10.6. The molecule has 0 amide bonds. The lowest BCUT2D eigenvalue weighted by Gasteiger charge is -2.23. The zero-order chi connectivity index (χ0) is 16.4. The number of aliphatic hydroxyl groups is 3. The fourth-order valence-electron chi connectivity index (χ4n) is 2.06. The molecule has 22 heavy (non-hydrogen) atoms. The monoisotopic (exact) mass is 311 g/mol. The van der Waals surface area contributed by atoms with Crippen LogP contribution in [0.5, 0.6) is 5.75 Å². The molecule has 6 nitrogen and oxygen atoms in total. The van der Waals surface area contributed by atoms with Gasteiger partial charge in [-0.2, -0.15) is 0 Å². The number of carbonyl (C=O) groups excluding carboxylic acids is 1. The predicted molar refractivity (Wildman–Crippen MR) is 83.2 cm³/mol. The van der Waals surface area contributed by atoms with Crippen molar-refractivity contribution in [3.05, 3.63) is 29.8 Å². The van der Waals surface area contributed by atoms with E-state index in [1.807, 2.05) is 6.92 Å². The molecule has 0 bridgehead atoms. The minimum absolute atomic E-state index is 0.0273. The fraction of sp³-hybridized carbons (Fsp3) is 0.562. The van der Waals surface area contributed by atoms with E-state index in [0.717, 1.165) is 0 Å². The number of hydrogen-bond donors (Lipinski definition) is 3. The Morgan fingerprint density at radius 3 is 2.27 bits per heavy atom. The third-order valence-corrected chi connectivity index (χ3v) is 3.24. The highest BCUT2D eigenvalue weighted by atomic mass is 16.5. The maximum Gasteiger partial charge on any atom is 0.162 e. The highest BCUT2D eigenvalue weighted by molar-refractivity contribution is 5.95. The van der Waals surface area contributed by atoms with E-state index in [-0.39, 0.29) is 25.6 Å². The first-order valence-corrected chi connectivity index (χ1v) is 7.48. The highest BCUT2D eigenvalue weighted by Crippen LogP contribution is 2.13. The van der Waals surface area contributed by atoms with Gasteiger partial charge in [0.25, 0.3) is 0 Å². The number of nitrogens with zero attached hydrogens (tertiary/aromatic N) is 1. The largest absolute Gasteiger partial charge is 0.491 e. The average Bonchev–Trinajstić information content (AvgIpc) is 2.53. The number of ether oxygens (including phenoxy) is 1. The first-order valence-electron chi connectivity index (χ1n) is 7.48. The summed E-state index contributed by atoms with van der Waals surface area (Å²) in [6.45, 7) is 2.97. The van der Waals surface area contributed by atoms with Gasteiger partial charge in [0.15, 0.2) is 5.78 Å². The second-order valence-corrected chi connectivity index (χ2v) is 5.01. The molecule has 1 aromatic carbocycles. The van der Waals surface area contributed by atoms with Crippen LogP contribution in [0.15, 0.2) is 24.3 Å². The van der Waals surface area contributed by atoms with Gasteiger partial charge in [-0.15, -0.1) is 0 Å². The van der Waals surface area contributed by atoms with Crippen LogP contribution in [0.25, 0.3) is 0 Å². The fourth-order valence-corrected chi connectivity index (χ4v) is 2.06. The number of carbonyl (C=O) groups is 1. The standard InChI is InChI=1S/C16H25NO5/c1-2-16(21)13-3-5-15(6-4-13)22-12-14(20)11-17(7-9-18)8-10-19/h3-6,14,18-20H,2,7-12H2,1H3. The van der Waals surface area contributed by atoms with E-state index in [2.05, 4.69) is 0 Å². The van der Waals surface area contributed by atoms with Crippen LogP contribution in [0.3, 0.4) is 0 Å². The summed E-state index contributed by atoms with van der Waals surface area (Å²) < 4.78 is 5.48. The van der Waals surface area contributed by atoms with Crippen molar-refractivity contribution in [3.63, 3.8) is 0 Å². The van der Waals surface area contributed by atoms with Gasteiger partial charge >= 0.3 is 0 Å². The van der Waals surface area contributed by atoms with E-state index in [1.54, 1.807) is 29.2 Å². The molecule has 0 aliphatic carbocycles. The van der Waals surface area contributed by atoms with Crippen LogP contribution < -0.4 is 4.74 Å². The Morgan fingerprint density at radius 2 is 1.77 bits per heavy atom. The second-order valence-electron chi connectivity index (χ2n) is 5.01. The van der Waals surface area contributed by atoms with Gasteiger partial charge in [0.05, 0.1) is 13.2 Å². The SMILES string of the molecule is CCC(=O)c1ccc(OCC(O)CN(CCO)CCO)cc1.